The number of esters is 1. The molecule has 5 rings (SSSR count). The van der Waals surface area contributed by atoms with Gasteiger partial charge < -0.3 is 45.9 Å². The molecule has 2 atom stereocenters. The summed E-state index contributed by atoms with van der Waals surface area (Å²) in [4.78, 5) is 65.7. The summed E-state index contributed by atoms with van der Waals surface area (Å²) in [5.74, 6) is -0.222. The van der Waals surface area contributed by atoms with Crippen LogP contribution in [0.25, 0.3) is 0 Å². The molecule has 5 aromatic carbocycles. The van der Waals surface area contributed by atoms with Crippen molar-refractivity contribution in [1.82, 2.24) is 5.32 Å². The second-order valence-electron chi connectivity index (χ2n) is 16.0. The van der Waals surface area contributed by atoms with E-state index in [1.54, 1.807) is 113 Å². The Morgan fingerprint density at radius 2 is 1.36 bits per heavy atom. The molecule has 16 heteroatoms. The van der Waals surface area contributed by atoms with Crippen molar-refractivity contribution >= 4 is 63.9 Å². The molecular weight excluding hydrogens is 876 g/mol. The van der Waals surface area contributed by atoms with Gasteiger partial charge in [-0.05, 0) is 126 Å². The maximum Gasteiger partial charge on any atom is 0.338 e. The van der Waals surface area contributed by atoms with Gasteiger partial charge in [-0.3, -0.25) is 19.2 Å². The molecule has 0 fully saturated rings. The van der Waals surface area contributed by atoms with Crippen LogP contribution in [0, 0.1) is 23.7 Å². The van der Waals surface area contributed by atoms with Gasteiger partial charge in [0.15, 0.2) is 17.7 Å². The number of benzene rings is 5. The summed E-state index contributed by atoms with van der Waals surface area (Å²) in [6.07, 6.45) is 5.20. The monoisotopic (exact) mass is 924 g/mol. The van der Waals surface area contributed by atoms with Crippen molar-refractivity contribution < 1.29 is 43.3 Å². The van der Waals surface area contributed by atoms with E-state index < -0.39 is 47.5 Å². The molecule has 0 aliphatic rings. The van der Waals surface area contributed by atoms with Gasteiger partial charge in [0, 0.05) is 34.6 Å². The van der Waals surface area contributed by atoms with Gasteiger partial charge in [0.25, 0.3) is 17.7 Å². The Kier molecular flexibility index (Phi) is 16.9. The molecule has 67 heavy (non-hydrogen) atoms. The van der Waals surface area contributed by atoms with Crippen molar-refractivity contribution in [3.63, 3.8) is 0 Å². The summed E-state index contributed by atoms with van der Waals surface area (Å²) in [5.41, 5.74) is 2.23. The molecule has 0 aromatic heterocycles. The van der Waals surface area contributed by atoms with Crippen molar-refractivity contribution in [2.45, 2.75) is 65.0 Å². The minimum absolute atomic E-state index is 0.0136. The predicted octanol–water partition coefficient (Wildman–Crippen LogP) is 8.89. The van der Waals surface area contributed by atoms with Crippen LogP contribution in [0.3, 0.4) is 0 Å². The second kappa shape index (κ2) is 22.7. The summed E-state index contributed by atoms with van der Waals surface area (Å²) < 4.78 is 17.6. The van der Waals surface area contributed by atoms with Crippen LogP contribution >= 0.6 is 11.6 Å². The summed E-state index contributed by atoms with van der Waals surface area (Å²) in [6, 6.07) is 26.7. The van der Waals surface area contributed by atoms with Gasteiger partial charge >= 0.3 is 5.97 Å². The largest absolute Gasteiger partial charge is 0.485 e. The van der Waals surface area contributed by atoms with Crippen molar-refractivity contribution in [3.8, 4) is 29.9 Å². The van der Waals surface area contributed by atoms with Crippen LogP contribution in [0.15, 0.2) is 116 Å². The highest BCUT2D eigenvalue weighted by Gasteiger charge is 2.26. The van der Waals surface area contributed by atoms with E-state index in [9.17, 15) is 29.1 Å². The lowest BCUT2D eigenvalue weighted by molar-refractivity contribution is -0.117. The lowest BCUT2D eigenvalue weighted by Crippen LogP contribution is -2.43. The van der Waals surface area contributed by atoms with Gasteiger partial charge in [-0.15, -0.1) is 12.3 Å². The van der Waals surface area contributed by atoms with Crippen molar-refractivity contribution in [3.05, 3.63) is 154 Å². The number of anilines is 4. The van der Waals surface area contributed by atoms with Crippen LogP contribution in [0.2, 0.25) is 5.02 Å². The van der Waals surface area contributed by atoms with E-state index in [1.807, 2.05) is 6.07 Å². The first-order valence-corrected chi connectivity index (χ1v) is 21.2. The third-order valence-corrected chi connectivity index (χ3v) is 9.62. The smallest absolute Gasteiger partial charge is 0.338 e. The number of hydrogen-bond donors (Lipinski definition) is 6. The van der Waals surface area contributed by atoms with Crippen molar-refractivity contribution in [2.75, 3.05) is 27.9 Å². The maximum atomic E-state index is 13.7. The number of rotatable bonds is 18. The van der Waals surface area contributed by atoms with E-state index in [0.717, 1.165) is 0 Å². The standard InChI is InChI=1S/C51H49ClN6O9/c1-8-10-42(58-46(60)34-17-24-38(40(52)28-34)47(61)54-35-18-11-31(29-53)12-19-35)49(63)56-37-20-13-32(14-21-37)45(59)57-41-26-25-39(43(65-27-9-2)44(41)66-30(3)4)48(62)55-36-22-15-33(16-23-36)50(64)67-51(5,6)7/h1,9,11-26,28,30,42,45,57,59H,2,10,27H2,3-7H3,(H,54,61)(H,55,62)(H,56,63)(H,58,60)/t42-,45?/m0/s1. The fourth-order valence-corrected chi connectivity index (χ4v) is 6.43. The SMILES string of the molecule is C#CC[C@H](NC(=O)c1ccc(C(=O)Nc2ccc(C#N)cc2)c(Cl)c1)C(=O)Nc1ccc(C(O)Nc2ccc(C(=O)Nc3ccc(C(=O)OC(C)(C)C)cc3)c(OCC=C)c2OC(C)C)cc1. The highest BCUT2D eigenvalue weighted by molar-refractivity contribution is 6.34. The molecule has 1 unspecified atom stereocenters. The normalized spacial score (nSPS) is 11.7. The Morgan fingerprint density at radius 3 is 1.93 bits per heavy atom. The average molecular weight is 925 g/mol. The topological polar surface area (TPSA) is 217 Å². The molecule has 344 valence electrons. The van der Waals surface area contributed by atoms with Crippen LogP contribution in [-0.2, 0) is 9.53 Å². The highest BCUT2D eigenvalue weighted by atomic mass is 35.5. The fourth-order valence-electron chi connectivity index (χ4n) is 6.16. The molecule has 6 N–H and O–H groups in total. The van der Waals surface area contributed by atoms with Gasteiger partial charge in [-0.2, -0.15) is 5.26 Å². The number of terminal acetylenes is 1. The van der Waals surface area contributed by atoms with E-state index in [2.05, 4.69) is 39.1 Å². The fraction of sp³-hybridized carbons (Fsp3) is 0.216. The number of carbonyl (C=O) groups is 5. The molecular formula is C51H49ClN6O9. The summed E-state index contributed by atoms with van der Waals surface area (Å²) in [5, 5.41) is 34.2. The number of carbonyl (C=O) groups excluding carboxylic acids is 5. The summed E-state index contributed by atoms with van der Waals surface area (Å²) >= 11 is 6.39. The molecule has 0 saturated carbocycles. The third-order valence-electron chi connectivity index (χ3n) is 9.31. The van der Waals surface area contributed by atoms with E-state index in [-0.39, 0.29) is 52.3 Å². The van der Waals surface area contributed by atoms with E-state index in [0.29, 0.717) is 39.4 Å². The summed E-state index contributed by atoms with van der Waals surface area (Å²) in [6.45, 7) is 12.6. The molecule has 0 bridgehead atoms. The molecule has 0 aliphatic heterocycles. The molecule has 4 amide bonds. The van der Waals surface area contributed by atoms with E-state index in [4.69, 9.17) is 37.5 Å². The predicted molar refractivity (Wildman–Crippen MR) is 256 cm³/mol. The number of nitrogens with one attached hydrogen (secondary N) is 5. The number of aliphatic hydroxyl groups excluding tert-OH is 1. The molecule has 0 saturated heterocycles. The zero-order chi connectivity index (χ0) is 48.8. The first kappa shape index (κ1) is 49.9. The molecule has 0 radical (unpaired) electrons. The van der Waals surface area contributed by atoms with Crippen molar-refractivity contribution in [2.24, 2.45) is 0 Å². The van der Waals surface area contributed by atoms with E-state index in [1.165, 1.54) is 30.3 Å². The van der Waals surface area contributed by atoms with Gasteiger partial charge in [-0.25, -0.2) is 4.79 Å². The first-order valence-electron chi connectivity index (χ1n) is 20.8. The Morgan fingerprint density at radius 1 is 0.791 bits per heavy atom. The maximum absolute atomic E-state index is 13.7. The number of halogens is 1. The van der Waals surface area contributed by atoms with Crippen LogP contribution in [0.5, 0.6) is 11.5 Å². The minimum atomic E-state index is -1.32. The number of ether oxygens (including phenoxy) is 3. The number of amides is 4. The van der Waals surface area contributed by atoms with Gasteiger partial charge in [0.05, 0.1) is 45.1 Å². The molecule has 5 aromatic rings. The first-order chi connectivity index (χ1) is 31.9. The summed E-state index contributed by atoms with van der Waals surface area (Å²) in [7, 11) is 0. The zero-order valence-corrected chi connectivity index (χ0v) is 38.1. The Labute approximate surface area is 393 Å². The van der Waals surface area contributed by atoms with Gasteiger partial charge in [0.2, 0.25) is 5.91 Å². The Hall–Kier alpha value is -8.11. The Bertz CT molecular complexity index is 2720. The molecule has 15 nitrogen and oxygen atoms in total. The molecule has 0 heterocycles. The van der Waals surface area contributed by atoms with Crippen LogP contribution in [-0.4, -0.2) is 59.1 Å². The van der Waals surface area contributed by atoms with Crippen LogP contribution in [0.4, 0.5) is 22.7 Å². The second-order valence-corrected chi connectivity index (χ2v) is 16.5. The van der Waals surface area contributed by atoms with Crippen LogP contribution < -0.4 is 36.1 Å². The molecule has 0 spiro atoms. The van der Waals surface area contributed by atoms with Crippen molar-refractivity contribution in [1.29, 1.82) is 5.26 Å². The minimum Gasteiger partial charge on any atom is -0.485 e. The van der Waals surface area contributed by atoms with Gasteiger partial charge in [-0.1, -0.05) is 36.4 Å². The number of aliphatic hydroxyl groups is 1. The number of nitriles is 1. The quantitative estimate of drug-likeness (QED) is 0.0211. The lowest BCUT2D eigenvalue weighted by Gasteiger charge is -2.23. The number of nitrogens with zero attached hydrogens (tertiary/aromatic N) is 1. The van der Waals surface area contributed by atoms with Gasteiger partial charge in [0.1, 0.15) is 18.2 Å². The highest BCUT2D eigenvalue weighted by Crippen LogP contribution is 2.41. The lowest BCUT2D eigenvalue weighted by atomic mass is 10.1. The molecule has 0 aliphatic carbocycles. The third kappa shape index (κ3) is 13.9. The van der Waals surface area contributed by atoms with Crippen LogP contribution in [0.1, 0.15) is 99.8 Å². The average Bonchev–Trinajstić information content (AvgIpc) is 3.28. The number of hydrogen-bond acceptors (Lipinski definition) is 11. The Balaban J connectivity index is 1.25. The zero-order valence-electron chi connectivity index (χ0n) is 37.4. The van der Waals surface area contributed by atoms with E-state index >= 15 is 0 Å².